The summed E-state index contributed by atoms with van der Waals surface area (Å²) in [5.74, 6) is -0.756. The molecular formula is C35H31F3N8O3. The summed E-state index contributed by atoms with van der Waals surface area (Å²) in [6.45, 7) is 4.51. The van der Waals surface area contributed by atoms with Crippen molar-refractivity contribution >= 4 is 22.8 Å². The number of alkyl halides is 3. The van der Waals surface area contributed by atoms with Crippen molar-refractivity contribution in [3.05, 3.63) is 103 Å². The molecule has 7 rings (SSSR count). The van der Waals surface area contributed by atoms with Gasteiger partial charge in [-0.2, -0.15) is 18.2 Å². The number of aromatic amines is 1. The predicted molar refractivity (Wildman–Crippen MR) is 178 cm³/mol. The number of aliphatic carboxylic acids is 1. The van der Waals surface area contributed by atoms with Gasteiger partial charge in [-0.25, -0.2) is 14.8 Å². The zero-order valence-electron chi connectivity index (χ0n) is 26.3. The molecule has 0 radical (unpaired) electrons. The number of carbonyl (C=O) groups is 1. The Hall–Kier alpha value is -5.89. The van der Waals surface area contributed by atoms with Crippen LogP contribution in [0.4, 0.5) is 19.1 Å². The minimum Gasteiger partial charge on any atom is -0.481 e. The number of benzene rings is 2. The van der Waals surface area contributed by atoms with Crippen molar-refractivity contribution in [2.75, 3.05) is 38.2 Å². The SMILES string of the molecule is COc1nccc2nc(-c3ccc(CN4CCN(c5n[nH]c(-c6ccccn6)n5)CC4)cc3)c(-c3ccccc3)cc12.O=C(O)C(F)(F)F. The van der Waals surface area contributed by atoms with Crippen molar-refractivity contribution in [3.8, 4) is 39.8 Å². The van der Waals surface area contributed by atoms with Crippen LogP contribution >= 0.6 is 0 Å². The van der Waals surface area contributed by atoms with Gasteiger partial charge in [-0.3, -0.25) is 15.0 Å². The van der Waals surface area contributed by atoms with Gasteiger partial charge in [-0.05, 0) is 35.4 Å². The lowest BCUT2D eigenvalue weighted by Gasteiger charge is -2.34. The van der Waals surface area contributed by atoms with Crippen LogP contribution in [0.3, 0.4) is 0 Å². The van der Waals surface area contributed by atoms with Crippen molar-refractivity contribution in [2.24, 2.45) is 0 Å². The van der Waals surface area contributed by atoms with Crippen molar-refractivity contribution in [3.63, 3.8) is 0 Å². The Morgan fingerprint density at radius 1 is 0.878 bits per heavy atom. The molecule has 0 aliphatic carbocycles. The molecule has 14 heteroatoms. The summed E-state index contributed by atoms with van der Waals surface area (Å²) < 4.78 is 37.3. The maximum Gasteiger partial charge on any atom is 0.490 e. The Kier molecular flexibility index (Phi) is 9.76. The lowest BCUT2D eigenvalue weighted by Crippen LogP contribution is -2.46. The number of anilines is 1. The van der Waals surface area contributed by atoms with Gasteiger partial charge >= 0.3 is 12.1 Å². The number of nitrogens with zero attached hydrogens (tertiary/aromatic N) is 7. The Labute approximate surface area is 279 Å². The molecule has 1 aliphatic heterocycles. The number of carboxylic acid groups (broad SMARTS) is 1. The fraction of sp³-hybridized carbons (Fsp3) is 0.200. The molecule has 49 heavy (non-hydrogen) atoms. The van der Waals surface area contributed by atoms with E-state index < -0.39 is 12.1 Å². The predicted octanol–water partition coefficient (Wildman–Crippen LogP) is 6.11. The zero-order chi connectivity index (χ0) is 34.4. The quantitative estimate of drug-likeness (QED) is 0.205. The Bertz CT molecular complexity index is 2020. The second kappa shape index (κ2) is 14.5. The second-order valence-electron chi connectivity index (χ2n) is 11.1. The summed E-state index contributed by atoms with van der Waals surface area (Å²) in [5.41, 5.74) is 7.11. The van der Waals surface area contributed by atoms with E-state index in [1.165, 1.54) is 5.56 Å². The first-order chi connectivity index (χ1) is 23.7. The number of aromatic nitrogens is 6. The van der Waals surface area contributed by atoms with Gasteiger partial charge in [0.2, 0.25) is 11.8 Å². The number of H-pyrrole nitrogens is 1. The van der Waals surface area contributed by atoms with Gasteiger partial charge in [0.25, 0.3) is 0 Å². The molecule has 1 saturated heterocycles. The Morgan fingerprint density at radius 2 is 1.59 bits per heavy atom. The maximum atomic E-state index is 10.6. The highest BCUT2D eigenvalue weighted by Crippen LogP contribution is 2.35. The summed E-state index contributed by atoms with van der Waals surface area (Å²) in [7, 11) is 1.64. The molecular weight excluding hydrogens is 637 g/mol. The van der Waals surface area contributed by atoms with Crippen LogP contribution in [0.25, 0.3) is 44.8 Å². The van der Waals surface area contributed by atoms with Crippen molar-refractivity contribution in [1.29, 1.82) is 0 Å². The third-order valence-corrected chi connectivity index (χ3v) is 7.90. The number of pyridine rings is 3. The largest absolute Gasteiger partial charge is 0.490 e. The molecule has 5 heterocycles. The molecule has 4 aromatic heterocycles. The van der Waals surface area contributed by atoms with Crippen LogP contribution in [-0.4, -0.2) is 85.6 Å². The average molecular weight is 669 g/mol. The fourth-order valence-corrected chi connectivity index (χ4v) is 5.44. The van der Waals surface area contributed by atoms with Gasteiger partial charge in [0.05, 0.1) is 23.7 Å². The van der Waals surface area contributed by atoms with Crippen LogP contribution < -0.4 is 9.64 Å². The van der Waals surface area contributed by atoms with E-state index in [-0.39, 0.29) is 0 Å². The molecule has 1 aliphatic rings. The first-order valence-corrected chi connectivity index (χ1v) is 15.3. The number of ether oxygens (including phenoxy) is 1. The number of carboxylic acids is 1. The molecule has 2 aromatic carbocycles. The first-order valence-electron chi connectivity index (χ1n) is 15.3. The molecule has 0 saturated carbocycles. The number of fused-ring (bicyclic) bond motifs is 1. The van der Waals surface area contributed by atoms with Gasteiger partial charge in [-0.1, -0.05) is 60.7 Å². The zero-order valence-corrected chi connectivity index (χ0v) is 26.3. The molecule has 0 atom stereocenters. The number of halogens is 3. The van der Waals surface area contributed by atoms with Gasteiger partial charge in [-0.15, -0.1) is 5.10 Å². The molecule has 11 nitrogen and oxygen atoms in total. The Morgan fingerprint density at radius 3 is 2.24 bits per heavy atom. The molecule has 6 aromatic rings. The molecule has 0 amide bonds. The first kappa shape index (κ1) is 33.0. The highest BCUT2D eigenvalue weighted by Gasteiger charge is 2.38. The number of piperazine rings is 1. The van der Waals surface area contributed by atoms with E-state index in [4.69, 9.17) is 19.6 Å². The lowest BCUT2D eigenvalue weighted by atomic mass is 9.97. The van der Waals surface area contributed by atoms with Gasteiger partial charge in [0.1, 0.15) is 5.69 Å². The second-order valence-corrected chi connectivity index (χ2v) is 11.1. The third kappa shape index (κ3) is 7.81. The number of nitrogens with one attached hydrogen (secondary N) is 1. The minimum absolute atomic E-state index is 0.580. The highest BCUT2D eigenvalue weighted by atomic mass is 19.4. The van der Waals surface area contributed by atoms with E-state index in [0.717, 1.165) is 77.7 Å². The summed E-state index contributed by atoms with van der Waals surface area (Å²) in [6, 6.07) is 29.0. The Balaban J connectivity index is 0.000000540. The average Bonchev–Trinajstić information content (AvgIpc) is 3.63. The van der Waals surface area contributed by atoms with Crippen LogP contribution in [0.15, 0.2) is 97.3 Å². The molecule has 1 fully saturated rings. The molecule has 0 bridgehead atoms. The molecule has 2 N–H and O–H groups in total. The number of methoxy groups -OCH3 is 1. The van der Waals surface area contributed by atoms with Crippen LogP contribution in [0, 0.1) is 0 Å². The minimum atomic E-state index is -5.08. The summed E-state index contributed by atoms with van der Waals surface area (Å²) in [6.07, 6.45) is -1.58. The molecule has 250 valence electrons. The van der Waals surface area contributed by atoms with Crippen LogP contribution in [0.1, 0.15) is 5.56 Å². The standard InChI is InChI=1S/C33H30N8O.C2HF3O2/c1-42-32-27-21-26(24-7-3-2-4-8-24)30(36-28(27)14-16-35-32)25-12-10-23(11-13-25)22-40-17-19-41(20-18-40)33-37-31(38-39-33)29-9-5-6-15-34-29;3-2(4,5)1(6)7/h2-16,21H,17-20,22H2,1H3,(H,37,38,39);(H,6,7). The van der Waals surface area contributed by atoms with E-state index in [2.05, 4.69) is 77.4 Å². The van der Waals surface area contributed by atoms with Crippen LogP contribution in [0.2, 0.25) is 0 Å². The topological polar surface area (TPSA) is 133 Å². The third-order valence-electron chi connectivity index (χ3n) is 7.90. The van der Waals surface area contributed by atoms with Crippen LogP contribution in [-0.2, 0) is 11.3 Å². The highest BCUT2D eigenvalue weighted by molar-refractivity contribution is 5.93. The smallest absolute Gasteiger partial charge is 0.481 e. The van der Waals surface area contributed by atoms with Crippen molar-refractivity contribution < 1.29 is 27.8 Å². The van der Waals surface area contributed by atoms with E-state index in [1.807, 2.05) is 42.5 Å². The van der Waals surface area contributed by atoms with Gasteiger partial charge in [0, 0.05) is 56.2 Å². The van der Waals surface area contributed by atoms with E-state index in [0.29, 0.717) is 11.7 Å². The van der Waals surface area contributed by atoms with Crippen LogP contribution in [0.5, 0.6) is 5.88 Å². The maximum absolute atomic E-state index is 10.6. The molecule has 0 spiro atoms. The van der Waals surface area contributed by atoms with E-state index in [1.54, 1.807) is 19.5 Å². The summed E-state index contributed by atoms with van der Waals surface area (Å²) in [4.78, 5) is 32.1. The monoisotopic (exact) mass is 668 g/mol. The van der Waals surface area contributed by atoms with Gasteiger partial charge in [0.15, 0.2) is 5.82 Å². The number of hydrogen-bond donors (Lipinski definition) is 2. The number of rotatable bonds is 7. The van der Waals surface area contributed by atoms with Gasteiger partial charge < -0.3 is 14.7 Å². The summed E-state index contributed by atoms with van der Waals surface area (Å²) >= 11 is 0. The van der Waals surface area contributed by atoms with E-state index in [9.17, 15) is 13.2 Å². The van der Waals surface area contributed by atoms with Crippen molar-refractivity contribution in [1.82, 2.24) is 35.0 Å². The fourth-order valence-electron chi connectivity index (χ4n) is 5.44. The number of hydrogen-bond acceptors (Lipinski definition) is 9. The normalized spacial score (nSPS) is 13.5. The van der Waals surface area contributed by atoms with Crippen molar-refractivity contribution in [2.45, 2.75) is 12.7 Å². The lowest BCUT2D eigenvalue weighted by molar-refractivity contribution is -0.192. The summed E-state index contributed by atoms with van der Waals surface area (Å²) in [5, 5.41) is 15.5. The molecule has 0 unspecified atom stereocenters. The van der Waals surface area contributed by atoms with E-state index >= 15 is 0 Å².